The molecule has 3 N–H and O–H groups in total. The van der Waals surface area contributed by atoms with Crippen LogP contribution in [0.2, 0.25) is 0 Å². The number of para-hydroxylation sites is 1. The van der Waals surface area contributed by atoms with Crippen LogP contribution in [0, 0.1) is 5.92 Å². The molecule has 1 fully saturated rings. The zero-order valence-electron chi connectivity index (χ0n) is 14.0. The Balaban J connectivity index is 1.81. The fourth-order valence-electron chi connectivity index (χ4n) is 2.91. The topological polar surface area (TPSA) is 85.4 Å². The highest BCUT2D eigenvalue weighted by Gasteiger charge is 2.34. The standard InChI is InChI=1S/C18H23N3O3/c1-11(2)17(23)20-16(18(24)21-9-13(22)10-21)7-12-8-19-15-6-4-3-5-14(12)15/h3-6,8,11,13,16,19,22H,7,9-10H2,1-2H3,(H,20,23). The second kappa shape index (κ2) is 6.65. The van der Waals surface area contributed by atoms with E-state index >= 15 is 0 Å². The molecule has 1 atom stereocenters. The maximum atomic E-state index is 12.7. The van der Waals surface area contributed by atoms with Crippen LogP contribution in [0.4, 0.5) is 0 Å². The first kappa shape index (κ1) is 16.5. The third-order valence-corrected chi connectivity index (χ3v) is 4.41. The van der Waals surface area contributed by atoms with Gasteiger partial charge in [-0.3, -0.25) is 9.59 Å². The third kappa shape index (κ3) is 3.28. The average molecular weight is 329 g/mol. The summed E-state index contributed by atoms with van der Waals surface area (Å²) >= 11 is 0. The number of nitrogens with one attached hydrogen (secondary N) is 2. The highest BCUT2D eigenvalue weighted by Crippen LogP contribution is 2.20. The van der Waals surface area contributed by atoms with Crippen molar-refractivity contribution in [1.82, 2.24) is 15.2 Å². The van der Waals surface area contributed by atoms with Gasteiger partial charge in [0.15, 0.2) is 0 Å². The Morgan fingerprint density at radius 1 is 1.33 bits per heavy atom. The number of amides is 2. The first-order valence-corrected chi connectivity index (χ1v) is 8.28. The van der Waals surface area contributed by atoms with Crippen LogP contribution in [-0.2, 0) is 16.0 Å². The van der Waals surface area contributed by atoms with E-state index in [2.05, 4.69) is 10.3 Å². The number of carbonyl (C=O) groups excluding carboxylic acids is 2. The van der Waals surface area contributed by atoms with E-state index in [0.717, 1.165) is 16.5 Å². The Morgan fingerprint density at radius 3 is 2.71 bits per heavy atom. The van der Waals surface area contributed by atoms with E-state index in [1.165, 1.54) is 0 Å². The zero-order valence-corrected chi connectivity index (χ0v) is 14.0. The lowest BCUT2D eigenvalue weighted by Crippen LogP contribution is -2.60. The van der Waals surface area contributed by atoms with E-state index < -0.39 is 12.1 Å². The van der Waals surface area contributed by atoms with Crippen molar-refractivity contribution in [3.8, 4) is 0 Å². The fraction of sp³-hybridized carbons (Fsp3) is 0.444. The zero-order chi connectivity index (χ0) is 17.3. The van der Waals surface area contributed by atoms with Crippen LogP contribution in [0.5, 0.6) is 0 Å². The Labute approximate surface area is 140 Å². The van der Waals surface area contributed by atoms with Crippen molar-refractivity contribution in [3.63, 3.8) is 0 Å². The minimum atomic E-state index is -0.619. The molecule has 1 aliphatic heterocycles. The summed E-state index contributed by atoms with van der Waals surface area (Å²) < 4.78 is 0. The molecule has 3 rings (SSSR count). The molecule has 6 heteroatoms. The first-order chi connectivity index (χ1) is 11.5. The minimum absolute atomic E-state index is 0.139. The van der Waals surface area contributed by atoms with Crippen molar-refractivity contribution in [2.45, 2.75) is 32.4 Å². The van der Waals surface area contributed by atoms with Crippen LogP contribution >= 0.6 is 0 Å². The number of β-amino-alcohol motifs (C(OH)–C–C–N with tert-alkyl or cyclic N) is 1. The van der Waals surface area contributed by atoms with Crippen LogP contribution in [0.3, 0.4) is 0 Å². The highest BCUT2D eigenvalue weighted by atomic mass is 16.3. The van der Waals surface area contributed by atoms with Crippen LogP contribution in [-0.4, -0.2) is 52.0 Å². The predicted molar refractivity (Wildman–Crippen MR) is 91.4 cm³/mol. The first-order valence-electron chi connectivity index (χ1n) is 8.28. The van der Waals surface area contributed by atoms with E-state index in [1.54, 1.807) is 18.7 Å². The maximum absolute atomic E-state index is 12.7. The monoisotopic (exact) mass is 329 g/mol. The summed E-state index contributed by atoms with van der Waals surface area (Å²) in [7, 11) is 0. The number of nitrogens with zero attached hydrogens (tertiary/aromatic N) is 1. The number of benzene rings is 1. The molecule has 2 amide bonds. The summed E-state index contributed by atoms with van der Waals surface area (Å²) in [6.45, 7) is 4.27. The van der Waals surface area contributed by atoms with Gasteiger partial charge in [0.2, 0.25) is 11.8 Å². The minimum Gasteiger partial charge on any atom is -0.389 e. The number of carbonyl (C=O) groups is 2. The molecule has 128 valence electrons. The molecule has 0 saturated carbocycles. The summed E-state index contributed by atoms with van der Waals surface area (Å²) in [6, 6.07) is 7.27. The fourth-order valence-corrected chi connectivity index (χ4v) is 2.91. The molecule has 1 aromatic carbocycles. The summed E-state index contributed by atoms with van der Waals surface area (Å²) in [6.07, 6.45) is 1.86. The molecule has 2 aromatic rings. The Hall–Kier alpha value is -2.34. The SMILES string of the molecule is CC(C)C(=O)NC(Cc1c[nH]c2ccccc12)C(=O)N1CC(O)C1. The van der Waals surface area contributed by atoms with Gasteiger partial charge in [0, 0.05) is 42.5 Å². The van der Waals surface area contributed by atoms with E-state index in [4.69, 9.17) is 0 Å². The molecule has 0 aliphatic carbocycles. The van der Waals surface area contributed by atoms with Crippen molar-refractivity contribution in [2.24, 2.45) is 5.92 Å². The number of aliphatic hydroxyl groups excluding tert-OH is 1. The van der Waals surface area contributed by atoms with Gasteiger partial charge in [-0.1, -0.05) is 32.0 Å². The lowest BCUT2D eigenvalue weighted by Gasteiger charge is -2.38. The molecule has 6 nitrogen and oxygen atoms in total. The number of H-pyrrole nitrogens is 1. The van der Waals surface area contributed by atoms with E-state index in [0.29, 0.717) is 19.5 Å². The van der Waals surface area contributed by atoms with Crippen molar-refractivity contribution in [1.29, 1.82) is 0 Å². The molecule has 1 aromatic heterocycles. The van der Waals surface area contributed by atoms with E-state index in [-0.39, 0.29) is 17.7 Å². The predicted octanol–water partition coefficient (Wildman–Crippen LogP) is 1.05. The number of hydrogen-bond donors (Lipinski definition) is 3. The van der Waals surface area contributed by atoms with Gasteiger partial charge in [0.1, 0.15) is 6.04 Å². The Kier molecular flexibility index (Phi) is 4.57. The lowest BCUT2D eigenvalue weighted by molar-refractivity contribution is -0.145. The van der Waals surface area contributed by atoms with Crippen molar-refractivity contribution in [2.75, 3.05) is 13.1 Å². The normalized spacial score (nSPS) is 16.2. The van der Waals surface area contributed by atoms with Crippen molar-refractivity contribution in [3.05, 3.63) is 36.0 Å². The molecule has 2 heterocycles. The summed E-state index contributed by atoms with van der Waals surface area (Å²) in [5, 5.41) is 13.3. The second-order valence-electron chi connectivity index (χ2n) is 6.68. The number of fused-ring (bicyclic) bond motifs is 1. The molecular formula is C18H23N3O3. The number of aromatic nitrogens is 1. The molecule has 1 saturated heterocycles. The van der Waals surface area contributed by atoms with Gasteiger partial charge in [0.25, 0.3) is 0 Å². The lowest BCUT2D eigenvalue weighted by atomic mass is 10.0. The molecule has 24 heavy (non-hydrogen) atoms. The van der Waals surface area contributed by atoms with Gasteiger partial charge >= 0.3 is 0 Å². The van der Waals surface area contributed by atoms with Gasteiger partial charge in [-0.2, -0.15) is 0 Å². The molecule has 1 unspecified atom stereocenters. The third-order valence-electron chi connectivity index (χ3n) is 4.41. The van der Waals surface area contributed by atoms with Crippen molar-refractivity contribution >= 4 is 22.7 Å². The maximum Gasteiger partial charge on any atom is 0.245 e. The Bertz CT molecular complexity index is 747. The number of aromatic amines is 1. The molecular weight excluding hydrogens is 306 g/mol. The van der Waals surface area contributed by atoms with E-state index in [1.807, 2.05) is 30.5 Å². The smallest absolute Gasteiger partial charge is 0.245 e. The van der Waals surface area contributed by atoms with Crippen molar-refractivity contribution < 1.29 is 14.7 Å². The average Bonchev–Trinajstić information content (AvgIpc) is 2.93. The van der Waals surface area contributed by atoms with Crippen LogP contribution < -0.4 is 5.32 Å². The highest BCUT2D eigenvalue weighted by molar-refractivity contribution is 5.90. The van der Waals surface area contributed by atoms with Gasteiger partial charge < -0.3 is 20.3 Å². The Morgan fingerprint density at radius 2 is 2.04 bits per heavy atom. The number of likely N-dealkylation sites (tertiary alicyclic amines) is 1. The quantitative estimate of drug-likeness (QED) is 0.766. The molecule has 0 bridgehead atoms. The van der Waals surface area contributed by atoms with Crippen LogP contribution in [0.15, 0.2) is 30.5 Å². The van der Waals surface area contributed by atoms with Gasteiger partial charge in [-0.25, -0.2) is 0 Å². The molecule has 1 aliphatic rings. The van der Waals surface area contributed by atoms with E-state index in [9.17, 15) is 14.7 Å². The number of aliphatic hydroxyl groups is 1. The van der Waals surface area contributed by atoms with Gasteiger partial charge in [0.05, 0.1) is 6.10 Å². The second-order valence-corrected chi connectivity index (χ2v) is 6.68. The molecule has 0 spiro atoms. The van der Waals surface area contributed by atoms with Crippen LogP contribution in [0.1, 0.15) is 19.4 Å². The van der Waals surface area contributed by atoms with Gasteiger partial charge in [-0.15, -0.1) is 0 Å². The number of hydrogen-bond acceptors (Lipinski definition) is 3. The van der Waals surface area contributed by atoms with Gasteiger partial charge in [-0.05, 0) is 11.6 Å². The largest absolute Gasteiger partial charge is 0.389 e. The number of rotatable bonds is 5. The van der Waals surface area contributed by atoms with Crippen LogP contribution in [0.25, 0.3) is 10.9 Å². The summed E-state index contributed by atoms with van der Waals surface area (Å²) in [5.41, 5.74) is 2.00. The summed E-state index contributed by atoms with van der Waals surface area (Å²) in [5.74, 6) is -0.473. The summed E-state index contributed by atoms with van der Waals surface area (Å²) in [4.78, 5) is 29.6. The molecule has 0 radical (unpaired) electrons.